The van der Waals surface area contributed by atoms with E-state index in [1.807, 2.05) is 30.5 Å². The van der Waals surface area contributed by atoms with Crippen molar-refractivity contribution >= 4 is 44.3 Å². The van der Waals surface area contributed by atoms with Crippen molar-refractivity contribution in [2.24, 2.45) is 0 Å². The number of aromatic amines is 1. The van der Waals surface area contributed by atoms with Gasteiger partial charge in [0.05, 0.1) is 23.2 Å². The molecule has 5 rings (SSSR count). The Morgan fingerprint density at radius 2 is 1.86 bits per heavy atom. The van der Waals surface area contributed by atoms with Crippen LogP contribution in [0.15, 0.2) is 83.0 Å². The molecule has 2 heterocycles. The van der Waals surface area contributed by atoms with Crippen molar-refractivity contribution in [1.29, 1.82) is 0 Å². The normalized spacial score (nSPS) is 17.2. The van der Waals surface area contributed by atoms with E-state index in [4.69, 9.17) is 4.74 Å². The molecule has 8 heteroatoms. The number of aromatic nitrogens is 1. The average Bonchev–Trinajstić information content (AvgIpc) is 3.41. The first-order valence-electron chi connectivity index (χ1n) is 11.3. The number of amides is 1. The predicted molar refractivity (Wildman–Crippen MR) is 138 cm³/mol. The molecular weight excluding hydrogens is 527 g/mol. The lowest BCUT2D eigenvalue weighted by Gasteiger charge is -2.26. The lowest BCUT2D eigenvalue weighted by molar-refractivity contribution is -0.139. The summed E-state index contributed by atoms with van der Waals surface area (Å²) in [7, 11) is 1.52. The maximum Gasteiger partial charge on any atom is 0.295 e. The minimum Gasteiger partial charge on any atom is -0.507 e. The molecule has 0 bridgehead atoms. The fourth-order valence-electron chi connectivity index (χ4n) is 4.65. The third-order valence-corrected chi connectivity index (χ3v) is 7.10. The molecule has 0 saturated carbocycles. The van der Waals surface area contributed by atoms with Gasteiger partial charge in [-0.15, -0.1) is 0 Å². The number of methoxy groups -OCH3 is 1. The Hall–Kier alpha value is -3.91. The number of hydrogen-bond donors (Lipinski definition) is 2. The number of ketones is 1. The molecule has 0 radical (unpaired) electrons. The van der Waals surface area contributed by atoms with Crippen LogP contribution in [0.3, 0.4) is 0 Å². The van der Waals surface area contributed by atoms with Crippen molar-refractivity contribution in [1.82, 2.24) is 9.88 Å². The number of fused-ring (bicyclic) bond motifs is 1. The Kier molecular flexibility index (Phi) is 6.36. The highest BCUT2D eigenvalue weighted by Crippen LogP contribution is 2.41. The number of rotatable bonds is 6. The third-order valence-electron chi connectivity index (χ3n) is 6.45. The SMILES string of the molecule is COc1cc(C2C(=C(O)c3ccc(F)cc3)C(=O)C(=O)N2CCc2c[nH]c3ccccc23)ccc1Br. The van der Waals surface area contributed by atoms with Crippen molar-refractivity contribution in [3.63, 3.8) is 0 Å². The fraction of sp³-hybridized carbons (Fsp3) is 0.143. The van der Waals surface area contributed by atoms with E-state index in [0.717, 1.165) is 16.5 Å². The van der Waals surface area contributed by atoms with Crippen LogP contribution in [0.1, 0.15) is 22.7 Å². The molecular formula is C28H22BrFN2O4. The molecule has 182 valence electrons. The van der Waals surface area contributed by atoms with Crippen LogP contribution in [0, 0.1) is 5.82 Å². The highest BCUT2D eigenvalue weighted by atomic mass is 79.9. The van der Waals surface area contributed by atoms with Crippen LogP contribution in [0.5, 0.6) is 5.75 Å². The molecule has 1 amide bonds. The minimum absolute atomic E-state index is 0.0464. The van der Waals surface area contributed by atoms with Crippen LogP contribution >= 0.6 is 15.9 Å². The number of aliphatic hydroxyl groups is 1. The summed E-state index contributed by atoms with van der Waals surface area (Å²) in [6.07, 6.45) is 2.40. The number of carbonyl (C=O) groups excluding carboxylic acids is 2. The average molecular weight is 549 g/mol. The molecule has 1 fully saturated rings. The van der Waals surface area contributed by atoms with Gasteiger partial charge >= 0.3 is 0 Å². The molecule has 1 aliphatic heterocycles. The van der Waals surface area contributed by atoms with E-state index in [1.54, 1.807) is 18.2 Å². The molecule has 1 aliphatic rings. The Balaban J connectivity index is 1.59. The smallest absolute Gasteiger partial charge is 0.295 e. The van der Waals surface area contributed by atoms with Crippen molar-refractivity contribution in [3.05, 3.63) is 105 Å². The number of hydrogen-bond acceptors (Lipinski definition) is 4. The summed E-state index contributed by atoms with van der Waals surface area (Å²) < 4.78 is 19.6. The van der Waals surface area contributed by atoms with Crippen molar-refractivity contribution in [2.45, 2.75) is 12.5 Å². The zero-order valence-corrected chi connectivity index (χ0v) is 20.9. The fourth-order valence-corrected chi connectivity index (χ4v) is 5.05. The Bertz CT molecular complexity index is 1510. The summed E-state index contributed by atoms with van der Waals surface area (Å²) in [5, 5.41) is 12.2. The molecule has 3 aromatic carbocycles. The predicted octanol–water partition coefficient (Wildman–Crippen LogP) is 5.74. The number of ether oxygens (including phenoxy) is 1. The number of halogens is 2. The van der Waals surface area contributed by atoms with Crippen LogP contribution in [-0.4, -0.2) is 40.3 Å². The van der Waals surface area contributed by atoms with Crippen molar-refractivity contribution in [3.8, 4) is 5.75 Å². The summed E-state index contributed by atoms with van der Waals surface area (Å²) in [5.41, 5.74) is 2.81. The number of nitrogens with zero attached hydrogens (tertiary/aromatic N) is 1. The molecule has 36 heavy (non-hydrogen) atoms. The number of Topliss-reactive ketones (excluding diaryl/α,β-unsaturated/α-hetero) is 1. The van der Waals surface area contributed by atoms with Gasteiger partial charge in [0.15, 0.2) is 0 Å². The van der Waals surface area contributed by atoms with Gasteiger partial charge in [-0.25, -0.2) is 4.39 Å². The van der Waals surface area contributed by atoms with Crippen LogP contribution in [0.4, 0.5) is 4.39 Å². The van der Waals surface area contributed by atoms with E-state index in [0.29, 0.717) is 22.2 Å². The monoisotopic (exact) mass is 548 g/mol. The highest BCUT2D eigenvalue weighted by molar-refractivity contribution is 9.10. The van der Waals surface area contributed by atoms with Gasteiger partial charge in [0, 0.05) is 29.2 Å². The highest BCUT2D eigenvalue weighted by Gasteiger charge is 2.46. The van der Waals surface area contributed by atoms with E-state index in [9.17, 15) is 19.1 Å². The largest absolute Gasteiger partial charge is 0.507 e. The number of nitrogens with one attached hydrogen (secondary N) is 1. The molecule has 2 N–H and O–H groups in total. The number of likely N-dealkylation sites (tertiary alicyclic amines) is 1. The van der Waals surface area contributed by atoms with Gasteiger partial charge in [0.25, 0.3) is 11.7 Å². The van der Waals surface area contributed by atoms with Crippen LogP contribution in [0.2, 0.25) is 0 Å². The Morgan fingerprint density at radius 1 is 1.11 bits per heavy atom. The van der Waals surface area contributed by atoms with Crippen LogP contribution < -0.4 is 4.74 Å². The second-order valence-electron chi connectivity index (χ2n) is 8.50. The van der Waals surface area contributed by atoms with E-state index in [-0.39, 0.29) is 23.4 Å². The second-order valence-corrected chi connectivity index (χ2v) is 9.36. The summed E-state index contributed by atoms with van der Waals surface area (Å²) in [5.74, 6) is -1.79. The summed E-state index contributed by atoms with van der Waals surface area (Å²) >= 11 is 3.43. The van der Waals surface area contributed by atoms with E-state index < -0.39 is 23.5 Å². The van der Waals surface area contributed by atoms with Gasteiger partial charge in [-0.05, 0) is 75.9 Å². The molecule has 1 unspecified atom stereocenters. The summed E-state index contributed by atoms with van der Waals surface area (Å²) in [6, 6.07) is 17.4. The Labute approximate surface area is 215 Å². The van der Waals surface area contributed by atoms with Crippen LogP contribution in [0.25, 0.3) is 16.7 Å². The molecule has 6 nitrogen and oxygen atoms in total. The van der Waals surface area contributed by atoms with Gasteiger partial charge in [0.2, 0.25) is 0 Å². The topological polar surface area (TPSA) is 82.6 Å². The van der Waals surface area contributed by atoms with Crippen molar-refractivity contribution in [2.75, 3.05) is 13.7 Å². The zero-order chi connectivity index (χ0) is 25.4. The number of benzene rings is 3. The van der Waals surface area contributed by atoms with E-state index in [1.165, 1.54) is 36.3 Å². The molecule has 0 spiro atoms. The lowest BCUT2D eigenvalue weighted by atomic mass is 9.95. The second kappa shape index (κ2) is 9.62. The number of aliphatic hydroxyl groups excluding tert-OH is 1. The quantitative estimate of drug-likeness (QED) is 0.183. The maximum absolute atomic E-state index is 13.5. The summed E-state index contributed by atoms with van der Waals surface area (Å²) in [4.78, 5) is 31.2. The first-order valence-corrected chi connectivity index (χ1v) is 12.1. The Morgan fingerprint density at radius 3 is 2.61 bits per heavy atom. The van der Waals surface area contributed by atoms with Gasteiger partial charge in [-0.2, -0.15) is 0 Å². The number of carbonyl (C=O) groups is 2. The van der Waals surface area contributed by atoms with Gasteiger partial charge in [0.1, 0.15) is 17.3 Å². The minimum atomic E-state index is -0.845. The molecule has 1 aromatic heterocycles. The first kappa shape index (κ1) is 23.8. The standard InChI is InChI=1S/C28H22BrFN2O4/c1-36-23-14-17(8-11-21(23)29)25-24(26(33)16-6-9-19(30)10-7-16)27(34)28(35)32(25)13-12-18-15-31-22-5-3-2-4-20(18)22/h2-11,14-15,25,31,33H,12-13H2,1H3. The first-order chi connectivity index (χ1) is 17.4. The van der Waals surface area contributed by atoms with Crippen LogP contribution in [-0.2, 0) is 16.0 Å². The molecule has 0 aliphatic carbocycles. The zero-order valence-electron chi connectivity index (χ0n) is 19.3. The number of H-pyrrole nitrogens is 1. The van der Waals surface area contributed by atoms with E-state index in [2.05, 4.69) is 20.9 Å². The van der Waals surface area contributed by atoms with Gasteiger partial charge in [-0.3, -0.25) is 9.59 Å². The molecule has 1 saturated heterocycles. The molecule has 4 aromatic rings. The lowest BCUT2D eigenvalue weighted by Crippen LogP contribution is -2.31. The van der Waals surface area contributed by atoms with E-state index >= 15 is 0 Å². The summed E-state index contributed by atoms with van der Waals surface area (Å²) in [6.45, 7) is 0.246. The van der Waals surface area contributed by atoms with Gasteiger partial charge in [-0.1, -0.05) is 24.3 Å². The third kappa shape index (κ3) is 4.18. The van der Waals surface area contributed by atoms with Gasteiger partial charge < -0.3 is 19.7 Å². The number of para-hydroxylation sites is 1. The maximum atomic E-state index is 13.5. The molecule has 1 atom stereocenters. The van der Waals surface area contributed by atoms with Crippen molar-refractivity contribution < 1.29 is 23.8 Å².